The summed E-state index contributed by atoms with van der Waals surface area (Å²) >= 11 is 0. The number of nitrogens with one attached hydrogen (secondary N) is 1. The maximum atomic E-state index is 12.1. The van der Waals surface area contributed by atoms with Gasteiger partial charge in [-0.3, -0.25) is 4.79 Å². The molecule has 0 spiro atoms. The van der Waals surface area contributed by atoms with Crippen LogP contribution in [-0.4, -0.2) is 12.5 Å². The van der Waals surface area contributed by atoms with Gasteiger partial charge in [-0.2, -0.15) is 0 Å². The summed E-state index contributed by atoms with van der Waals surface area (Å²) in [6.45, 7) is 9.61. The fraction of sp³-hybridized carbons (Fsp3) is 0.737. The lowest BCUT2D eigenvalue weighted by Gasteiger charge is -2.34. The largest absolute Gasteiger partial charge is 0.352 e. The lowest BCUT2D eigenvalue weighted by atomic mass is 9.71. The minimum Gasteiger partial charge on any atom is -0.352 e. The lowest BCUT2D eigenvalue weighted by Crippen LogP contribution is -2.27. The maximum absolute atomic E-state index is 12.1. The van der Waals surface area contributed by atoms with E-state index in [1.807, 2.05) is 6.92 Å². The number of allylic oxidation sites excluding steroid dienone is 3. The van der Waals surface area contributed by atoms with Crippen LogP contribution in [0.25, 0.3) is 0 Å². The van der Waals surface area contributed by atoms with Gasteiger partial charge in [0.2, 0.25) is 5.91 Å². The van der Waals surface area contributed by atoms with Gasteiger partial charge in [0.15, 0.2) is 0 Å². The summed E-state index contributed by atoms with van der Waals surface area (Å²) in [6, 6.07) is 0. The maximum Gasteiger partial charge on any atom is 0.246 e. The van der Waals surface area contributed by atoms with Gasteiger partial charge in [-0.1, -0.05) is 37.5 Å². The summed E-state index contributed by atoms with van der Waals surface area (Å²) in [6.07, 6.45) is 9.52. The zero-order valence-corrected chi connectivity index (χ0v) is 14.2. The molecule has 0 heterocycles. The fourth-order valence-corrected chi connectivity index (χ4v) is 4.04. The molecule has 0 aromatic rings. The van der Waals surface area contributed by atoms with Gasteiger partial charge in [-0.25, -0.2) is 0 Å². The molecule has 0 aromatic carbocycles. The van der Waals surface area contributed by atoms with Crippen molar-refractivity contribution >= 4 is 5.91 Å². The van der Waals surface area contributed by atoms with Crippen molar-refractivity contribution in [2.45, 2.75) is 66.2 Å². The van der Waals surface area contributed by atoms with E-state index in [1.54, 1.807) is 11.1 Å². The van der Waals surface area contributed by atoms with E-state index in [2.05, 4.69) is 32.2 Å². The highest BCUT2D eigenvalue weighted by Gasteiger charge is 2.35. The van der Waals surface area contributed by atoms with Crippen molar-refractivity contribution in [3.8, 4) is 0 Å². The first-order valence-electron chi connectivity index (χ1n) is 8.70. The van der Waals surface area contributed by atoms with Gasteiger partial charge in [0, 0.05) is 12.1 Å². The standard InChI is InChI=1S/C19H31NO/c1-5-6-11-20-19(21)15(4)12-16-9-7-13(2)17-10-8-14(3)18(16)17/h12-13,16-17H,5-11H2,1-4H3,(H,20,21)/t13-,16+,17-/m1/s1. The third-order valence-corrected chi connectivity index (χ3v) is 5.37. The molecular weight excluding hydrogens is 258 g/mol. The van der Waals surface area contributed by atoms with Crippen LogP contribution in [0.15, 0.2) is 22.8 Å². The molecule has 0 radical (unpaired) electrons. The number of rotatable bonds is 5. The molecule has 2 rings (SSSR count). The Morgan fingerprint density at radius 2 is 2.10 bits per heavy atom. The Hall–Kier alpha value is -1.05. The molecule has 3 atom stereocenters. The predicted molar refractivity (Wildman–Crippen MR) is 89.0 cm³/mol. The first kappa shape index (κ1) is 16.3. The van der Waals surface area contributed by atoms with E-state index in [0.717, 1.165) is 36.8 Å². The van der Waals surface area contributed by atoms with E-state index >= 15 is 0 Å². The minimum atomic E-state index is 0.120. The van der Waals surface area contributed by atoms with E-state index in [0.29, 0.717) is 5.92 Å². The second-order valence-corrected chi connectivity index (χ2v) is 7.00. The average Bonchev–Trinajstić information content (AvgIpc) is 2.85. The molecule has 2 nitrogen and oxygen atoms in total. The number of fused-ring (bicyclic) bond motifs is 1. The molecule has 2 aliphatic carbocycles. The van der Waals surface area contributed by atoms with Gasteiger partial charge >= 0.3 is 0 Å². The van der Waals surface area contributed by atoms with Crippen molar-refractivity contribution in [2.24, 2.45) is 17.8 Å². The molecule has 1 fully saturated rings. The van der Waals surface area contributed by atoms with Crippen LogP contribution in [0.5, 0.6) is 0 Å². The van der Waals surface area contributed by atoms with E-state index < -0.39 is 0 Å². The van der Waals surface area contributed by atoms with E-state index in [-0.39, 0.29) is 5.91 Å². The van der Waals surface area contributed by atoms with Crippen molar-refractivity contribution in [1.82, 2.24) is 5.32 Å². The number of carbonyl (C=O) groups is 1. The Balaban J connectivity index is 2.05. The van der Waals surface area contributed by atoms with E-state index in [9.17, 15) is 4.79 Å². The van der Waals surface area contributed by atoms with Crippen LogP contribution in [0.1, 0.15) is 66.2 Å². The molecule has 0 bridgehead atoms. The third kappa shape index (κ3) is 3.78. The van der Waals surface area contributed by atoms with Gasteiger partial charge in [0.1, 0.15) is 0 Å². The molecule has 0 aliphatic heterocycles. The van der Waals surface area contributed by atoms with Crippen LogP contribution in [0.4, 0.5) is 0 Å². The first-order chi connectivity index (χ1) is 10.0. The van der Waals surface area contributed by atoms with Crippen molar-refractivity contribution in [3.63, 3.8) is 0 Å². The Labute approximate surface area is 130 Å². The number of carbonyl (C=O) groups excluding carboxylic acids is 1. The van der Waals surface area contributed by atoms with Gasteiger partial charge in [0.25, 0.3) is 0 Å². The minimum absolute atomic E-state index is 0.120. The van der Waals surface area contributed by atoms with Gasteiger partial charge in [-0.15, -0.1) is 0 Å². The highest BCUT2D eigenvalue weighted by Crippen LogP contribution is 2.48. The average molecular weight is 289 g/mol. The molecule has 0 saturated heterocycles. The lowest BCUT2D eigenvalue weighted by molar-refractivity contribution is -0.117. The van der Waals surface area contributed by atoms with Crippen molar-refractivity contribution in [1.29, 1.82) is 0 Å². The Morgan fingerprint density at radius 1 is 1.33 bits per heavy atom. The van der Waals surface area contributed by atoms with Crippen LogP contribution >= 0.6 is 0 Å². The quantitative estimate of drug-likeness (QED) is 0.446. The summed E-state index contributed by atoms with van der Waals surface area (Å²) < 4.78 is 0. The zero-order valence-electron chi connectivity index (χ0n) is 14.2. The smallest absolute Gasteiger partial charge is 0.246 e. The third-order valence-electron chi connectivity index (χ3n) is 5.37. The SMILES string of the molecule is CCCCNC(=O)C(C)=C[C@@H]1CC[C@@H](C)[C@H]2CCC(C)=C12. The van der Waals surface area contributed by atoms with Crippen LogP contribution in [0.2, 0.25) is 0 Å². The number of hydrogen-bond donors (Lipinski definition) is 1. The number of amides is 1. The summed E-state index contributed by atoms with van der Waals surface area (Å²) in [4.78, 5) is 12.1. The Bertz CT molecular complexity index is 446. The summed E-state index contributed by atoms with van der Waals surface area (Å²) in [5.41, 5.74) is 4.15. The van der Waals surface area contributed by atoms with Crippen LogP contribution in [0.3, 0.4) is 0 Å². The zero-order chi connectivity index (χ0) is 15.4. The Kier molecular flexibility index (Phi) is 5.66. The van der Waals surface area contributed by atoms with Crippen LogP contribution in [0, 0.1) is 17.8 Å². The second-order valence-electron chi connectivity index (χ2n) is 7.00. The topological polar surface area (TPSA) is 29.1 Å². The van der Waals surface area contributed by atoms with E-state index in [4.69, 9.17) is 0 Å². The molecule has 1 saturated carbocycles. The summed E-state index contributed by atoms with van der Waals surface area (Å²) in [5, 5.41) is 3.03. The monoisotopic (exact) mass is 289 g/mol. The molecule has 21 heavy (non-hydrogen) atoms. The molecule has 1 N–H and O–H groups in total. The number of unbranched alkanes of at least 4 members (excludes halogenated alkanes) is 1. The molecule has 118 valence electrons. The van der Waals surface area contributed by atoms with Gasteiger partial charge in [-0.05, 0) is 63.7 Å². The molecule has 2 aliphatic rings. The number of hydrogen-bond acceptors (Lipinski definition) is 1. The molecular formula is C19H31NO. The van der Waals surface area contributed by atoms with E-state index in [1.165, 1.54) is 25.7 Å². The molecule has 0 unspecified atom stereocenters. The highest BCUT2D eigenvalue weighted by molar-refractivity contribution is 5.92. The predicted octanol–water partition coefficient (Wildman–Crippen LogP) is 4.62. The van der Waals surface area contributed by atoms with Crippen molar-refractivity contribution in [3.05, 3.63) is 22.8 Å². The first-order valence-corrected chi connectivity index (χ1v) is 8.70. The Morgan fingerprint density at radius 3 is 2.81 bits per heavy atom. The van der Waals surface area contributed by atoms with Crippen LogP contribution < -0.4 is 5.32 Å². The van der Waals surface area contributed by atoms with Crippen molar-refractivity contribution in [2.75, 3.05) is 6.54 Å². The van der Waals surface area contributed by atoms with Gasteiger partial charge in [0.05, 0.1) is 0 Å². The summed E-state index contributed by atoms with van der Waals surface area (Å²) in [5.74, 6) is 2.22. The second kappa shape index (κ2) is 7.29. The molecule has 2 heteroatoms. The van der Waals surface area contributed by atoms with Crippen molar-refractivity contribution < 1.29 is 4.79 Å². The summed E-state index contributed by atoms with van der Waals surface area (Å²) in [7, 11) is 0. The van der Waals surface area contributed by atoms with Crippen LogP contribution in [-0.2, 0) is 4.79 Å². The fourth-order valence-electron chi connectivity index (χ4n) is 4.04. The van der Waals surface area contributed by atoms with Gasteiger partial charge < -0.3 is 5.32 Å². The molecule has 0 aromatic heterocycles. The highest BCUT2D eigenvalue weighted by atomic mass is 16.1. The normalized spacial score (nSPS) is 29.5. The molecule has 1 amide bonds.